The number of carboxylic acid groups (broad SMARTS) is 1. The van der Waals surface area contributed by atoms with Crippen molar-refractivity contribution in [2.45, 2.75) is 25.0 Å². The van der Waals surface area contributed by atoms with Crippen LogP contribution in [0.4, 0.5) is 0 Å². The molecular formula is C21H22NO4P. The molecule has 140 valence electrons. The van der Waals surface area contributed by atoms with Gasteiger partial charge in [0, 0.05) is 0 Å². The first-order valence-corrected chi connectivity index (χ1v) is 10.6. The highest BCUT2D eigenvalue weighted by atomic mass is 31.2. The summed E-state index contributed by atoms with van der Waals surface area (Å²) in [5.74, 6) is -1.13. The predicted octanol–water partition coefficient (Wildman–Crippen LogP) is 4.20. The third-order valence-electron chi connectivity index (χ3n) is 4.43. The number of rotatable bonds is 8. The maximum absolute atomic E-state index is 12.5. The van der Waals surface area contributed by atoms with E-state index in [1.165, 1.54) is 0 Å². The Balaban J connectivity index is 1.66. The van der Waals surface area contributed by atoms with Crippen molar-refractivity contribution >= 4 is 24.3 Å². The van der Waals surface area contributed by atoms with Gasteiger partial charge < -0.3 is 10.00 Å². The highest BCUT2D eigenvalue weighted by Gasteiger charge is 2.27. The number of hydrogen-bond acceptors (Lipinski definition) is 2. The van der Waals surface area contributed by atoms with Gasteiger partial charge in [-0.3, -0.25) is 9.36 Å². The monoisotopic (exact) mass is 383 g/mol. The zero-order valence-corrected chi connectivity index (χ0v) is 15.7. The number of carbonyl (C=O) groups is 1. The van der Waals surface area contributed by atoms with Crippen molar-refractivity contribution in [2.24, 2.45) is 0 Å². The second-order valence-electron chi connectivity index (χ2n) is 6.59. The highest BCUT2D eigenvalue weighted by molar-refractivity contribution is 7.55. The third kappa shape index (κ3) is 5.51. The van der Waals surface area contributed by atoms with Gasteiger partial charge in [0.05, 0.1) is 6.16 Å². The molecule has 0 bridgehead atoms. The molecule has 0 heterocycles. The van der Waals surface area contributed by atoms with Crippen molar-refractivity contribution in [3.63, 3.8) is 0 Å². The molecule has 2 atom stereocenters. The van der Waals surface area contributed by atoms with Crippen LogP contribution >= 0.6 is 7.52 Å². The molecule has 0 amide bonds. The number of fused-ring (bicyclic) bond motifs is 1. The summed E-state index contributed by atoms with van der Waals surface area (Å²) in [6.45, 7) is 0. The third-order valence-corrected chi connectivity index (χ3v) is 5.94. The molecule has 0 aliphatic carbocycles. The van der Waals surface area contributed by atoms with E-state index in [0.717, 1.165) is 16.3 Å². The fourth-order valence-electron chi connectivity index (χ4n) is 3.07. The van der Waals surface area contributed by atoms with E-state index in [2.05, 4.69) is 5.09 Å². The van der Waals surface area contributed by atoms with Gasteiger partial charge in [-0.05, 0) is 34.7 Å². The van der Waals surface area contributed by atoms with E-state index in [1.807, 2.05) is 48.5 Å². The van der Waals surface area contributed by atoms with Crippen molar-refractivity contribution in [1.82, 2.24) is 5.09 Å². The van der Waals surface area contributed by atoms with E-state index >= 15 is 0 Å². The van der Waals surface area contributed by atoms with Crippen LogP contribution in [0, 0.1) is 0 Å². The topological polar surface area (TPSA) is 86.6 Å². The molecule has 2 unspecified atom stereocenters. The SMILES string of the molecule is O=C(O)C(CCc1ccc2ccccc2c1)NP(=O)(O)Cc1ccccc1. The van der Waals surface area contributed by atoms with Crippen LogP contribution in [0.3, 0.4) is 0 Å². The minimum atomic E-state index is -3.82. The average Bonchev–Trinajstić information content (AvgIpc) is 2.65. The zero-order valence-electron chi connectivity index (χ0n) is 14.8. The summed E-state index contributed by atoms with van der Waals surface area (Å²) in [6.07, 6.45) is 0.626. The van der Waals surface area contributed by atoms with Crippen molar-refractivity contribution in [3.8, 4) is 0 Å². The van der Waals surface area contributed by atoms with E-state index in [1.54, 1.807) is 24.3 Å². The molecule has 0 spiro atoms. The first-order chi connectivity index (χ1) is 12.9. The lowest BCUT2D eigenvalue weighted by atomic mass is 10.0. The molecule has 0 radical (unpaired) electrons. The van der Waals surface area contributed by atoms with Crippen molar-refractivity contribution in [1.29, 1.82) is 0 Å². The average molecular weight is 383 g/mol. The summed E-state index contributed by atoms with van der Waals surface area (Å²) >= 11 is 0. The summed E-state index contributed by atoms with van der Waals surface area (Å²) in [5, 5.41) is 14.1. The number of carboxylic acids is 1. The molecule has 6 heteroatoms. The van der Waals surface area contributed by atoms with Crippen LogP contribution in [0.15, 0.2) is 72.8 Å². The van der Waals surface area contributed by atoms with Crippen molar-refractivity contribution < 1.29 is 19.4 Å². The minimum Gasteiger partial charge on any atom is -0.480 e. The Morgan fingerprint density at radius 3 is 2.30 bits per heavy atom. The number of nitrogens with one attached hydrogen (secondary N) is 1. The lowest BCUT2D eigenvalue weighted by Crippen LogP contribution is -2.35. The normalized spacial score (nSPS) is 14.6. The molecule has 0 aliphatic heterocycles. The van der Waals surface area contributed by atoms with Gasteiger partial charge in [-0.1, -0.05) is 72.8 Å². The summed E-state index contributed by atoms with van der Waals surface area (Å²) in [4.78, 5) is 21.8. The van der Waals surface area contributed by atoms with Crippen LogP contribution in [0.1, 0.15) is 17.5 Å². The standard InChI is InChI=1S/C21H22NO4P/c23-21(24)20(22-27(25,26)15-17-6-2-1-3-7-17)13-11-16-10-12-18-8-4-5-9-19(18)14-16/h1-10,12,14,20H,11,13,15H2,(H,23,24)(H2,22,25,26). The lowest BCUT2D eigenvalue weighted by molar-refractivity contribution is -0.139. The maximum atomic E-state index is 12.5. The van der Waals surface area contributed by atoms with Gasteiger partial charge in [0.15, 0.2) is 0 Å². The van der Waals surface area contributed by atoms with E-state index < -0.39 is 19.5 Å². The molecule has 5 nitrogen and oxygen atoms in total. The van der Waals surface area contributed by atoms with Gasteiger partial charge >= 0.3 is 5.97 Å². The quantitative estimate of drug-likeness (QED) is 0.508. The van der Waals surface area contributed by atoms with Crippen LogP contribution < -0.4 is 5.09 Å². The first-order valence-electron chi connectivity index (χ1n) is 8.77. The molecule has 3 N–H and O–H groups in total. The van der Waals surface area contributed by atoms with Gasteiger partial charge in [0.2, 0.25) is 0 Å². The van der Waals surface area contributed by atoms with Gasteiger partial charge in [0.1, 0.15) is 6.04 Å². The highest BCUT2D eigenvalue weighted by Crippen LogP contribution is 2.40. The molecule has 3 aromatic carbocycles. The number of benzene rings is 3. The predicted molar refractivity (Wildman–Crippen MR) is 107 cm³/mol. The van der Waals surface area contributed by atoms with Crippen molar-refractivity contribution in [3.05, 3.63) is 83.9 Å². The molecule has 0 fully saturated rings. The summed E-state index contributed by atoms with van der Waals surface area (Å²) in [7, 11) is -3.82. The molecule has 3 aromatic rings. The number of aliphatic carboxylic acids is 1. The summed E-state index contributed by atoms with van der Waals surface area (Å²) in [6, 6.07) is 21.7. The van der Waals surface area contributed by atoms with Gasteiger partial charge in [-0.25, -0.2) is 5.09 Å². The van der Waals surface area contributed by atoms with Crippen LogP contribution in [-0.2, 0) is 21.9 Å². The van der Waals surface area contributed by atoms with E-state index in [4.69, 9.17) is 0 Å². The lowest BCUT2D eigenvalue weighted by Gasteiger charge is -2.19. The van der Waals surface area contributed by atoms with Gasteiger partial charge in [-0.2, -0.15) is 0 Å². The molecule has 0 saturated carbocycles. The Bertz CT molecular complexity index is 974. The largest absolute Gasteiger partial charge is 0.480 e. The van der Waals surface area contributed by atoms with E-state index in [9.17, 15) is 19.4 Å². The second-order valence-corrected chi connectivity index (χ2v) is 8.56. The second kappa shape index (κ2) is 8.49. The Hall–Kier alpha value is -2.46. The number of hydrogen-bond donors (Lipinski definition) is 3. The minimum absolute atomic E-state index is 0.104. The molecule has 27 heavy (non-hydrogen) atoms. The van der Waals surface area contributed by atoms with Gasteiger partial charge in [-0.15, -0.1) is 0 Å². The van der Waals surface area contributed by atoms with Gasteiger partial charge in [0.25, 0.3) is 7.52 Å². The first kappa shape index (κ1) is 19.3. The summed E-state index contributed by atoms with van der Waals surface area (Å²) < 4.78 is 12.5. The molecular weight excluding hydrogens is 361 g/mol. The Kier molecular flexibility index (Phi) is 6.07. The van der Waals surface area contributed by atoms with Crippen LogP contribution in [0.25, 0.3) is 10.8 Å². The van der Waals surface area contributed by atoms with Crippen molar-refractivity contribution in [2.75, 3.05) is 0 Å². The maximum Gasteiger partial charge on any atom is 0.321 e. The fraction of sp³-hybridized carbons (Fsp3) is 0.190. The van der Waals surface area contributed by atoms with E-state index in [-0.39, 0.29) is 12.6 Å². The van der Waals surface area contributed by atoms with E-state index in [0.29, 0.717) is 12.0 Å². The smallest absolute Gasteiger partial charge is 0.321 e. The molecule has 0 aliphatic rings. The molecule has 0 saturated heterocycles. The molecule has 3 rings (SSSR count). The van der Waals surface area contributed by atoms with Crippen LogP contribution in [0.2, 0.25) is 0 Å². The summed E-state index contributed by atoms with van der Waals surface area (Å²) in [5.41, 5.74) is 1.69. The Morgan fingerprint density at radius 1 is 0.926 bits per heavy atom. The Morgan fingerprint density at radius 2 is 1.59 bits per heavy atom. The van der Waals surface area contributed by atoms with Crippen LogP contribution in [0.5, 0.6) is 0 Å². The fourth-order valence-corrected chi connectivity index (χ4v) is 4.59. The molecule has 0 aromatic heterocycles. The number of aryl methyl sites for hydroxylation is 1. The zero-order chi connectivity index (χ0) is 19.3. The Labute approximate surface area is 158 Å². The van der Waals surface area contributed by atoms with Crippen LogP contribution in [-0.4, -0.2) is 22.0 Å².